The van der Waals surface area contributed by atoms with Crippen molar-refractivity contribution >= 4 is 28.3 Å². The van der Waals surface area contributed by atoms with Crippen LogP contribution in [0.25, 0.3) is 0 Å². The molecular weight excluding hydrogens is 379 g/mol. The SMILES string of the molecule is CC1CCN(Cc2csc(NC(=O)CNC(=O)Cc3cccc(F)c3)n2)CC1. The smallest absolute Gasteiger partial charge is 0.245 e. The number of carbonyl (C=O) groups is 2. The van der Waals surface area contributed by atoms with Crippen LogP contribution in [-0.4, -0.2) is 41.3 Å². The zero-order valence-electron chi connectivity index (χ0n) is 15.9. The molecule has 150 valence electrons. The van der Waals surface area contributed by atoms with Gasteiger partial charge in [-0.05, 0) is 49.5 Å². The van der Waals surface area contributed by atoms with E-state index in [0.29, 0.717) is 10.7 Å². The van der Waals surface area contributed by atoms with Gasteiger partial charge in [0.15, 0.2) is 5.13 Å². The maximum Gasteiger partial charge on any atom is 0.245 e. The van der Waals surface area contributed by atoms with Crippen LogP contribution in [-0.2, 0) is 22.6 Å². The Balaban J connectivity index is 1.40. The summed E-state index contributed by atoms with van der Waals surface area (Å²) in [6.45, 7) is 5.09. The van der Waals surface area contributed by atoms with Crippen molar-refractivity contribution in [2.24, 2.45) is 5.92 Å². The van der Waals surface area contributed by atoms with E-state index < -0.39 is 0 Å². The van der Waals surface area contributed by atoms with Crippen LogP contribution in [0.5, 0.6) is 0 Å². The first-order valence-corrected chi connectivity index (χ1v) is 10.3. The van der Waals surface area contributed by atoms with Gasteiger partial charge in [-0.2, -0.15) is 0 Å². The summed E-state index contributed by atoms with van der Waals surface area (Å²) in [6.07, 6.45) is 2.45. The molecule has 0 aliphatic carbocycles. The first-order chi connectivity index (χ1) is 13.5. The second kappa shape index (κ2) is 9.75. The number of rotatable bonds is 7. The molecule has 1 fully saturated rings. The number of benzene rings is 1. The van der Waals surface area contributed by atoms with E-state index in [-0.39, 0.29) is 30.6 Å². The molecule has 1 saturated heterocycles. The number of nitrogens with zero attached hydrogens (tertiary/aromatic N) is 2. The van der Waals surface area contributed by atoms with Gasteiger partial charge in [-0.1, -0.05) is 19.1 Å². The fourth-order valence-electron chi connectivity index (χ4n) is 3.12. The largest absolute Gasteiger partial charge is 0.347 e. The van der Waals surface area contributed by atoms with E-state index >= 15 is 0 Å². The highest BCUT2D eigenvalue weighted by Gasteiger charge is 2.17. The Morgan fingerprint density at radius 2 is 2.07 bits per heavy atom. The summed E-state index contributed by atoms with van der Waals surface area (Å²) in [5, 5.41) is 7.74. The molecule has 0 radical (unpaired) electrons. The Morgan fingerprint density at radius 3 is 2.82 bits per heavy atom. The third-order valence-electron chi connectivity index (χ3n) is 4.76. The number of thiazole rings is 1. The molecule has 2 aromatic rings. The Bertz CT molecular complexity index is 818. The van der Waals surface area contributed by atoms with Crippen LogP contribution in [0, 0.1) is 11.7 Å². The van der Waals surface area contributed by atoms with E-state index in [4.69, 9.17) is 0 Å². The van der Waals surface area contributed by atoms with Gasteiger partial charge < -0.3 is 10.6 Å². The molecular formula is C20H25FN4O2S. The number of aromatic nitrogens is 1. The second-order valence-electron chi connectivity index (χ2n) is 7.23. The average molecular weight is 405 g/mol. The van der Waals surface area contributed by atoms with Crippen molar-refractivity contribution in [3.05, 3.63) is 46.7 Å². The van der Waals surface area contributed by atoms with E-state index in [1.54, 1.807) is 12.1 Å². The van der Waals surface area contributed by atoms with Gasteiger partial charge in [-0.25, -0.2) is 9.37 Å². The van der Waals surface area contributed by atoms with E-state index in [1.807, 2.05) is 5.38 Å². The van der Waals surface area contributed by atoms with Crippen molar-refractivity contribution in [3.8, 4) is 0 Å². The number of anilines is 1. The normalized spacial score (nSPS) is 15.4. The molecule has 2 amide bonds. The zero-order chi connectivity index (χ0) is 19.9. The number of piperidine rings is 1. The second-order valence-corrected chi connectivity index (χ2v) is 8.09. The predicted octanol–water partition coefficient (Wildman–Crippen LogP) is 2.81. The Kier molecular flexibility index (Phi) is 7.11. The summed E-state index contributed by atoms with van der Waals surface area (Å²) < 4.78 is 13.1. The highest BCUT2D eigenvalue weighted by Crippen LogP contribution is 2.20. The van der Waals surface area contributed by atoms with Gasteiger partial charge in [-0.15, -0.1) is 11.3 Å². The Morgan fingerprint density at radius 1 is 1.29 bits per heavy atom. The first-order valence-electron chi connectivity index (χ1n) is 9.45. The molecule has 1 aliphatic rings. The van der Waals surface area contributed by atoms with Crippen molar-refractivity contribution in [3.63, 3.8) is 0 Å². The van der Waals surface area contributed by atoms with Gasteiger partial charge in [-0.3, -0.25) is 14.5 Å². The van der Waals surface area contributed by atoms with Crippen molar-refractivity contribution < 1.29 is 14.0 Å². The van der Waals surface area contributed by atoms with Crippen LogP contribution in [0.2, 0.25) is 0 Å². The number of hydrogen-bond donors (Lipinski definition) is 2. The molecule has 28 heavy (non-hydrogen) atoms. The van der Waals surface area contributed by atoms with E-state index in [0.717, 1.165) is 31.2 Å². The van der Waals surface area contributed by atoms with Crippen LogP contribution >= 0.6 is 11.3 Å². The number of likely N-dealkylation sites (tertiary alicyclic amines) is 1. The highest BCUT2D eigenvalue weighted by molar-refractivity contribution is 7.13. The van der Waals surface area contributed by atoms with Gasteiger partial charge in [0.25, 0.3) is 0 Å². The molecule has 6 nitrogen and oxygen atoms in total. The number of carbonyl (C=O) groups excluding carboxylic acids is 2. The lowest BCUT2D eigenvalue weighted by atomic mass is 9.99. The fraction of sp³-hybridized carbons (Fsp3) is 0.450. The average Bonchev–Trinajstić information content (AvgIpc) is 3.09. The molecule has 1 aromatic heterocycles. The molecule has 0 atom stereocenters. The molecule has 0 bridgehead atoms. The quantitative estimate of drug-likeness (QED) is 0.744. The molecule has 2 N–H and O–H groups in total. The molecule has 3 rings (SSSR count). The van der Waals surface area contributed by atoms with Crippen molar-refractivity contribution in [1.82, 2.24) is 15.2 Å². The zero-order valence-corrected chi connectivity index (χ0v) is 16.7. The maximum absolute atomic E-state index is 13.1. The summed E-state index contributed by atoms with van der Waals surface area (Å²) in [5.41, 5.74) is 1.51. The molecule has 2 heterocycles. The molecule has 8 heteroatoms. The molecule has 0 spiro atoms. The van der Waals surface area contributed by atoms with E-state index in [9.17, 15) is 14.0 Å². The predicted molar refractivity (Wildman–Crippen MR) is 108 cm³/mol. The van der Waals surface area contributed by atoms with Crippen molar-refractivity contribution in [1.29, 1.82) is 0 Å². The number of amides is 2. The summed E-state index contributed by atoms with van der Waals surface area (Å²) in [4.78, 5) is 30.8. The third-order valence-corrected chi connectivity index (χ3v) is 5.57. The topological polar surface area (TPSA) is 74.3 Å². The number of halogens is 1. The molecule has 1 aromatic carbocycles. The third kappa shape index (κ3) is 6.38. The van der Waals surface area contributed by atoms with Crippen molar-refractivity contribution in [2.75, 3.05) is 25.0 Å². The van der Waals surface area contributed by atoms with Crippen LogP contribution < -0.4 is 10.6 Å². The molecule has 0 saturated carbocycles. The summed E-state index contributed by atoms with van der Waals surface area (Å²) in [7, 11) is 0. The lowest BCUT2D eigenvalue weighted by Gasteiger charge is -2.29. The van der Waals surface area contributed by atoms with Gasteiger partial charge in [0.1, 0.15) is 5.82 Å². The Labute approximate surface area is 168 Å². The van der Waals surface area contributed by atoms with Crippen LogP contribution in [0.3, 0.4) is 0 Å². The number of nitrogens with one attached hydrogen (secondary N) is 2. The molecule has 0 unspecified atom stereocenters. The van der Waals surface area contributed by atoms with E-state index in [2.05, 4.69) is 27.4 Å². The highest BCUT2D eigenvalue weighted by atomic mass is 32.1. The van der Waals surface area contributed by atoms with E-state index in [1.165, 1.54) is 36.3 Å². The van der Waals surface area contributed by atoms with Crippen LogP contribution in [0.15, 0.2) is 29.6 Å². The first kappa shape index (κ1) is 20.4. The maximum atomic E-state index is 13.1. The summed E-state index contributed by atoms with van der Waals surface area (Å²) in [5.74, 6) is -0.264. The van der Waals surface area contributed by atoms with Crippen molar-refractivity contribution in [2.45, 2.75) is 32.7 Å². The Hall–Kier alpha value is -2.32. The molecule has 1 aliphatic heterocycles. The minimum absolute atomic E-state index is 0.0287. The van der Waals surface area contributed by atoms with Crippen LogP contribution in [0.4, 0.5) is 9.52 Å². The summed E-state index contributed by atoms with van der Waals surface area (Å²) in [6, 6.07) is 5.85. The van der Waals surface area contributed by atoms with Gasteiger partial charge in [0, 0.05) is 11.9 Å². The van der Waals surface area contributed by atoms with Gasteiger partial charge in [0.2, 0.25) is 11.8 Å². The lowest BCUT2D eigenvalue weighted by molar-refractivity contribution is -0.123. The fourth-order valence-corrected chi connectivity index (χ4v) is 3.84. The number of hydrogen-bond acceptors (Lipinski definition) is 5. The standard InChI is InChI=1S/C20H25FN4O2S/c1-14-5-7-25(8-6-14)12-17-13-28-20(23-17)24-19(27)11-22-18(26)10-15-3-2-4-16(21)9-15/h2-4,9,13-14H,5-8,10-12H2,1H3,(H,22,26)(H,23,24,27). The summed E-state index contributed by atoms with van der Waals surface area (Å²) >= 11 is 1.38. The minimum atomic E-state index is -0.387. The minimum Gasteiger partial charge on any atom is -0.347 e. The van der Waals surface area contributed by atoms with Gasteiger partial charge in [0.05, 0.1) is 18.7 Å². The lowest BCUT2D eigenvalue weighted by Crippen LogP contribution is -2.34. The van der Waals surface area contributed by atoms with Gasteiger partial charge >= 0.3 is 0 Å². The monoisotopic (exact) mass is 404 g/mol. The van der Waals surface area contributed by atoms with Crippen LogP contribution in [0.1, 0.15) is 31.0 Å².